The Morgan fingerprint density at radius 1 is 1.39 bits per heavy atom. The average molecular weight is 435 g/mol. The Labute approximate surface area is 186 Å². The van der Waals surface area contributed by atoms with Crippen LogP contribution in [0.15, 0.2) is 23.9 Å². The van der Waals surface area contributed by atoms with E-state index in [1.807, 2.05) is 13.8 Å². The maximum Gasteiger partial charge on any atom is 0.328 e. The van der Waals surface area contributed by atoms with Crippen LogP contribution in [0.3, 0.4) is 0 Å². The Morgan fingerprint density at radius 2 is 2.06 bits per heavy atom. The van der Waals surface area contributed by atoms with Gasteiger partial charge in [0.1, 0.15) is 6.04 Å². The van der Waals surface area contributed by atoms with Crippen molar-refractivity contribution >= 4 is 11.9 Å². The summed E-state index contributed by atoms with van der Waals surface area (Å²) in [5.41, 5.74) is 1.21. The van der Waals surface area contributed by atoms with Gasteiger partial charge in [0.25, 0.3) is 5.91 Å². The number of rotatable bonds is 5. The number of carbonyl (C=O) groups is 2. The number of cyclic esters (lactones) is 1. The minimum absolute atomic E-state index is 0.151. The summed E-state index contributed by atoms with van der Waals surface area (Å²) in [6.45, 7) is 10.2. The fourth-order valence-corrected chi connectivity index (χ4v) is 3.44. The smallest absolute Gasteiger partial charge is 0.328 e. The molecule has 0 saturated carbocycles. The number of hydrogen-bond acceptors (Lipinski definition) is 6. The minimum Gasteiger partial charge on any atom is -0.503 e. The lowest BCUT2D eigenvalue weighted by Crippen LogP contribution is -2.42. The summed E-state index contributed by atoms with van der Waals surface area (Å²) >= 11 is 0. The van der Waals surface area contributed by atoms with Gasteiger partial charge in [0, 0.05) is 12.3 Å². The van der Waals surface area contributed by atoms with Crippen molar-refractivity contribution in [1.29, 1.82) is 0 Å². The highest BCUT2D eigenvalue weighted by atomic mass is 16.5. The van der Waals surface area contributed by atoms with E-state index < -0.39 is 17.9 Å². The normalized spacial score (nSPS) is 21.2. The van der Waals surface area contributed by atoms with Crippen LogP contribution >= 0.6 is 0 Å². The zero-order chi connectivity index (χ0) is 23.4. The van der Waals surface area contributed by atoms with Crippen molar-refractivity contribution in [3.8, 4) is 11.5 Å². The Bertz CT molecular complexity index is 743. The van der Waals surface area contributed by atoms with E-state index in [2.05, 4.69) is 37.1 Å². The van der Waals surface area contributed by atoms with Gasteiger partial charge in [-0.05, 0) is 46.5 Å². The van der Waals surface area contributed by atoms with E-state index in [0.717, 1.165) is 32.1 Å². The first kappa shape index (κ1) is 26.5. The summed E-state index contributed by atoms with van der Waals surface area (Å²) in [5.74, 6) is -0.731. The quantitative estimate of drug-likeness (QED) is 0.511. The van der Waals surface area contributed by atoms with Gasteiger partial charge in [-0.2, -0.15) is 0 Å². The van der Waals surface area contributed by atoms with Crippen molar-refractivity contribution in [1.82, 2.24) is 10.3 Å². The van der Waals surface area contributed by atoms with Gasteiger partial charge in [0.05, 0.1) is 13.2 Å². The van der Waals surface area contributed by atoms with Crippen molar-refractivity contribution < 1.29 is 24.2 Å². The van der Waals surface area contributed by atoms with Crippen LogP contribution in [0.5, 0.6) is 11.5 Å². The number of allylic oxidation sites excluding steroid dienone is 2. The average Bonchev–Trinajstić information content (AvgIpc) is 2.78. The molecule has 0 aromatic carbocycles. The fourth-order valence-electron chi connectivity index (χ4n) is 3.44. The molecule has 1 aromatic heterocycles. The van der Waals surface area contributed by atoms with Crippen LogP contribution in [0, 0.1) is 5.92 Å². The molecule has 7 nitrogen and oxygen atoms in total. The van der Waals surface area contributed by atoms with Crippen molar-refractivity contribution in [2.24, 2.45) is 5.92 Å². The molecule has 7 heteroatoms. The van der Waals surface area contributed by atoms with Crippen LogP contribution in [0.1, 0.15) is 83.6 Å². The summed E-state index contributed by atoms with van der Waals surface area (Å²) in [6.07, 6.45) is 8.67. The number of nitrogens with one attached hydrogen (secondary N) is 1. The van der Waals surface area contributed by atoms with Crippen LogP contribution in [0.25, 0.3) is 0 Å². The predicted octanol–water partition coefficient (Wildman–Crippen LogP) is 4.79. The van der Waals surface area contributed by atoms with E-state index in [4.69, 9.17) is 9.47 Å². The summed E-state index contributed by atoms with van der Waals surface area (Å²) in [4.78, 5) is 28.8. The Balaban J connectivity index is 0.000000861. The Kier molecular flexibility index (Phi) is 11.7. The van der Waals surface area contributed by atoms with E-state index in [9.17, 15) is 14.7 Å². The third-order valence-electron chi connectivity index (χ3n) is 5.27. The number of amides is 1. The van der Waals surface area contributed by atoms with Gasteiger partial charge >= 0.3 is 5.97 Å². The molecule has 2 heterocycles. The van der Waals surface area contributed by atoms with Gasteiger partial charge in [-0.15, -0.1) is 0 Å². The van der Waals surface area contributed by atoms with Crippen LogP contribution < -0.4 is 10.1 Å². The molecule has 1 aliphatic heterocycles. The zero-order valence-electron chi connectivity index (χ0n) is 19.7. The second-order valence-corrected chi connectivity index (χ2v) is 8.17. The SMILES string of the molecule is CC=C(C)C.CCCC1CCC[C@H](NC(=O)c2nccc(OC)c2O)C(=O)OC(C)C1. The molecule has 1 saturated heterocycles. The van der Waals surface area contributed by atoms with Crippen molar-refractivity contribution in [3.63, 3.8) is 0 Å². The summed E-state index contributed by atoms with van der Waals surface area (Å²) in [5, 5.41) is 12.7. The van der Waals surface area contributed by atoms with Gasteiger partial charge in [0.15, 0.2) is 17.2 Å². The largest absolute Gasteiger partial charge is 0.503 e. The number of carbonyl (C=O) groups excluding carboxylic acids is 2. The number of aromatic nitrogens is 1. The molecule has 1 aliphatic rings. The van der Waals surface area contributed by atoms with Crippen molar-refractivity contribution in [2.45, 2.75) is 85.3 Å². The molecule has 0 spiro atoms. The van der Waals surface area contributed by atoms with Crippen LogP contribution in [-0.4, -0.2) is 41.2 Å². The molecule has 0 aliphatic carbocycles. The molecule has 1 fully saturated rings. The van der Waals surface area contributed by atoms with Gasteiger partial charge in [-0.25, -0.2) is 9.78 Å². The monoisotopic (exact) mass is 434 g/mol. The molecular weight excluding hydrogens is 396 g/mol. The van der Waals surface area contributed by atoms with Gasteiger partial charge in [0.2, 0.25) is 0 Å². The Hall–Kier alpha value is -2.57. The maximum absolute atomic E-state index is 12.5. The topological polar surface area (TPSA) is 97.8 Å². The highest BCUT2D eigenvalue weighted by molar-refractivity contribution is 5.97. The number of pyridine rings is 1. The second kappa shape index (κ2) is 13.7. The van der Waals surface area contributed by atoms with Gasteiger partial charge in [-0.1, -0.05) is 44.3 Å². The first-order chi connectivity index (χ1) is 14.7. The fraction of sp³-hybridized carbons (Fsp3) is 0.625. The number of hydrogen-bond donors (Lipinski definition) is 2. The lowest BCUT2D eigenvalue weighted by molar-refractivity contribution is -0.151. The molecule has 1 aromatic rings. The van der Waals surface area contributed by atoms with Gasteiger partial charge < -0.3 is 19.9 Å². The van der Waals surface area contributed by atoms with E-state index in [0.29, 0.717) is 12.3 Å². The molecule has 174 valence electrons. The Morgan fingerprint density at radius 3 is 2.65 bits per heavy atom. The van der Waals surface area contributed by atoms with E-state index in [-0.39, 0.29) is 23.3 Å². The van der Waals surface area contributed by atoms with Crippen LogP contribution in [0.2, 0.25) is 0 Å². The van der Waals surface area contributed by atoms with E-state index >= 15 is 0 Å². The maximum atomic E-state index is 12.5. The second-order valence-electron chi connectivity index (χ2n) is 8.17. The molecule has 2 N–H and O–H groups in total. The molecule has 31 heavy (non-hydrogen) atoms. The lowest BCUT2D eigenvalue weighted by Gasteiger charge is -2.20. The number of nitrogens with zero attached hydrogens (tertiary/aromatic N) is 1. The number of ether oxygens (including phenoxy) is 2. The predicted molar refractivity (Wildman–Crippen MR) is 121 cm³/mol. The lowest BCUT2D eigenvalue weighted by atomic mass is 9.91. The molecule has 0 radical (unpaired) electrons. The van der Waals surface area contributed by atoms with E-state index in [1.54, 1.807) is 0 Å². The summed E-state index contributed by atoms with van der Waals surface area (Å²) in [6, 6.07) is 0.702. The van der Waals surface area contributed by atoms with Crippen molar-refractivity contribution in [2.75, 3.05) is 7.11 Å². The first-order valence-electron chi connectivity index (χ1n) is 11.1. The third kappa shape index (κ3) is 8.99. The van der Waals surface area contributed by atoms with Crippen LogP contribution in [0.4, 0.5) is 0 Å². The summed E-state index contributed by atoms with van der Waals surface area (Å²) < 4.78 is 10.5. The zero-order valence-corrected chi connectivity index (χ0v) is 19.7. The van der Waals surface area contributed by atoms with Crippen molar-refractivity contribution in [3.05, 3.63) is 29.6 Å². The van der Waals surface area contributed by atoms with Gasteiger partial charge in [-0.3, -0.25) is 4.79 Å². The molecule has 0 bridgehead atoms. The highest BCUT2D eigenvalue weighted by Gasteiger charge is 2.29. The molecule has 2 unspecified atom stereocenters. The summed E-state index contributed by atoms with van der Waals surface area (Å²) in [7, 11) is 1.39. The number of methoxy groups -OCH3 is 1. The first-order valence-corrected chi connectivity index (χ1v) is 11.1. The molecule has 2 rings (SSSR count). The molecule has 3 atom stereocenters. The standard InChI is InChI=1S/C19H28N2O5.C5H10/c1-4-6-13-7-5-8-14(19(24)26-12(2)11-13)21-18(23)16-17(22)15(25-3)9-10-20-16;1-4-5(2)3/h9-10,12-14,22H,4-8,11H2,1-3H3,(H,21,23);4H,1-3H3/t12?,13?,14-;/m0./s1. The molecule has 1 amide bonds. The number of esters is 1. The highest BCUT2D eigenvalue weighted by Crippen LogP contribution is 2.28. The minimum atomic E-state index is -0.752. The third-order valence-corrected chi connectivity index (χ3v) is 5.27. The van der Waals surface area contributed by atoms with Crippen LogP contribution in [-0.2, 0) is 9.53 Å². The molecular formula is C24H38N2O5. The van der Waals surface area contributed by atoms with E-state index in [1.165, 1.54) is 24.9 Å². The number of aromatic hydroxyl groups is 1.